The molecular weight excluding hydrogens is 422 g/mol. The summed E-state index contributed by atoms with van der Waals surface area (Å²) in [4.78, 5) is 18.2. The Morgan fingerprint density at radius 2 is 1.81 bits per heavy atom. The average molecular weight is 452 g/mol. The number of ether oxygens (including phenoxy) is 1. The van der Waals surface area contributed by atoms with Gasteiger partial charge in [0.15, 0.2) is 0 Å². The normalized spacial score (nSPS) is 25.1. The predicted molar refractivity (Wildman–Crippen MR) is 131 cm³/mol. The topological polar surface area (TPSA) is 63.4 Å². The first kappa shape index (κ1) is 22.7. The summed E-state index contributed by atoms with van der Waals surface area (Å²) in [6.07, 6.45) is 0.953. The molecule has 0 radical (unpaired) electrons. The van der Waals surface area contributed by atoms with Crippen molar-refractivity contribution in [1.82, 2.24) is 0 Å². The lowest BCUT2D eigenvalue weighted by Gasteiger charge is -2.29. The third kappa shape index (κ3) is 3.99. The molecule has 168 valence electrons. The monoisotopic (exact) mass is 451 g/mol. The van der Waals surface area contributed by atoms with E-state index in [0.29, 0.717) is 5.02 Å². The number of benzene rings is 1. The van der Waals surface area contributed by atoms with E-state index in [-0.39, 0.29) is 18.3 Å². The quantitative estimate of drug-likeness (QED) is 0.520. The molecule has 3 aliphatic rings. The second-order valence-corrected chi connectivity index (χ2v) is 10.6. The SMILES string of the molecule is CC1=NN=C2C1C1=C(C(c3ccc(Cl)cc3)=N[C@@]2(C)CC(=O)OC(C)(C)C)C(C)=C(C)C1. The Hall–Kier alpha value is -2.53. The van der Waals surface area contributed by atoms with Gasteiger partial charge in [0.1, 0.15) is 11.1 Å². The summed E-state index contributed by atoms with van der Waals surface area (Å²) in [5.74, 6) is -0.353. The van der Waals surface area contributed by atoms with Gasteiger partial charge in [-0.2, -0.15) is 10.2 Å². The number of esters is 1. The van der Waals surface area contributed by atoms with Crippen molar-refractivity contribution >= 4 is 34.7 Å². The minimum atomic E-state index is -0.873. The molecule has 0 saturated carbocycles. The first-order chi connectivity index (χ1) is 14.9. The Morgan fingerprint density at radius 3 is 2.44 bits per heavy atom. The molecule has 0 spiro atoms. The van der Waals surface area contributed by atoms with Gasteiger partial charge in [-0.3, -0.25) is 9.79 Å². The van der Waals surface area contributed by atoms with Crippen LogP contribution in [0.1, 0.15) is 66.9 Å². The van der Waals surface area contributed by atoms with Crippen LogP contribution in [-0.2, 0) is 9.53 Å². The van der Waals surface area contributed by atoms with Crippen LogP contribution in [0, 0.1) is 5.92 Å². The number of hydrogen-bond donors (Lipinski definition) is 0. The molecule has 0 amide bonds. The van der Waals surface area contributed by atoms with E-state index in [1.54, 1.807) is 0 Å². The van der Waals surface area contributed by atoms with Gasteiger partial charge >= 0.3 is 5.97 Å². The summed E-state index contributed by atoms with van der Waals surface area (Å²) in [6, 6.07) is 7.73. The van der Waals surface area contributed by atoms with Gasteiger partial charge in [-0.15, -0.1) is 0 Å². The maximum atomic E-state index is 12.9. The molecule has 4 rings (SSSR count). The zero-order valence-electron chi connectivity index (χ0n) is 19.8. The fourth-order valence-electron chi connectivity index (χ4n) is 4.78. The van der Waals surface area contributed by atoms with Crippen molar-refractivity contribution in [3.63, 3.8) is 0 Å². The van der Waals surface area contributed by atoms with Crippen LogP contribution in [0.5, 0.6) is 0 Å². The molecule has 5 nitrogen and oxygen atoms in total. The molecule has 1 aromatic rings. The van der Waals surface area contributed by atoms with Gasteiger partial charge in [0.05, 0.1) is 29.5 Å². The zero-order chi connectivity index (χ0) is 23.4. The molecule has 0 aromatic heterocycles. The lowest BCUT2D eigenvalue weighted by Crippen LogP contribution is -2.42. The number of fused-ring (bicyclic) bond motifs is 2. The average Bonchev–Trinajstić information content (AvgIpc) is 3.16. The van der Waals surface area contributed by atoms with E-state index in [1.165, 1.54) is 16.7 Å². The molecule has 0 N–H and O–H groups in total. The molecule has 0 bridgehead atoms. The number of carbonyl (C=O) groups excluding carboxylic acids is 1. The number of hydrogen-bond acceptors (Lipinski definition) is 5. The first-order valence-corrected chi connectivity index (χ1v) is 11.4. The molecule has 1 aliphatic carbocycles. The number of nitrogens with zero attached hydrogens (tertiary/aromatic N) is 3. The Balaban J connectivity index is 1.91. The van der Waals surface area contributed by atoms with Crippen LogP contribution in [0.2, 0.25) is 5.02 Å². The highest BCUT2D eigenvalue weighted by Gasteiger charge is 2.47. The van der Waals surface area contributed by atoms with Crippen LogP contribution in [-0.4, -0.2) is 34.2 Å². The highest BCUT2D eigenvalue weighted by molar-refractivity contribution is 6.31. The Labute approximate surface area is 195 Å². The summed E-state index contributed by atoms with van der Waals surface area (Å²) < 4.78 is 5.67. The van der Waals surface area contributed by atoms with Gasteiger partial charge in [-0.1, -0.05) is 29.3 Å². The van der Waals surface area contributed by atoms with Crippen LogP contribution in [0.3, 0.4) is 0 Å². The molecule has 2 heterocycles. The van der Waals surface area contributed by atoms with E-state index in [4.69, 9.17) is 21.3 Å². The molecule has 6 heteroatoms. The van der Waals surface area contributed by atoms with Gasteiger partial charge in [0, 0.05) is 16.2 Å². The second-order valence-electron chi connectivity index (χ2n) is 10.1. The standard InChI is InChI=1S/C26H30ClN3O2/c1-14-12-19-21(15(14)2)23(17-8-10-18(27)11-9-17)28-26(7,13-20(31)32-25(4,5)6)24-22(19)16(3)29-30-24/h8-11,22H,12-13H2,1-7H3/t22?,26-/m0/s1. The Kier molecular flexibility index (Phi) is 5.52. The summed E-state index contributed by atoms with van der Waals surface area (Å²) in [5, 5.41) is 9.68. The molecule has 2 atom stereocenters. The van der Waals surface area contributed by atoms with E-state index in [9.17, 15) is 4.79 Å². The highest BCUT2D eigenvalue weighted by atomic mass is 35.5. The minimum Gasteiger partial charge on any atom is -0.460 e. The molecule has 0 saturated heterocycles. The van der Waals surface area contributed by atoms with Gasteiger partial charge in [0.2, 0.25) is 0 Å². The van der Waals surface area contributed by atoms with Crippen molar-refractivity contribution in [3.05, 3.63) is 57.1 Å². The van der Waals surface area contributed by atoms with Crippen molar-refractivity contribution in [3.8, 4) is 0 Å². The summed E-state index contributed by atoms with van der Waals surface area (Å²) in [5.41, 5.74) is 7.13. The maximum absolute atomic E-state index is 12.9. The van der Waals surface area contributed by atoms with E-state index >= 15 is 0 Å². The molecule has 1 unspecified atom stereocenters. The fourth-order valence-corrected chi connectivity index (χ4v) is 4.91. The van der Waals surface area contributed by atoms with Crippen molar-refractivity contribution in [2.75, 3.05) is 0 Å². The van der Waals surface area contributed by atoms with Gasteiger partial charge in [-0.05, 0) is 78.2 Å². The summed E-state index contributed by atoms with van der Waals surface area (Å²) in [7, 11) is 0. The van der Waals surface area contributed by atoms with E-state index in [0.717, 1.165) is 34.7 Å². The van der Waals surface area contributed by atoms with Crippen LogP contribution >= 0.6 is 11.6 Å². The van der Waals surface area contributed by atoms with Gasteiger partial charge in [0.25, 0.3) is 0 Å². The number of halogens is 1. The highest BCUT2D eigenvalue weighted by Crippen LogP contribution is 2.45. The Bertz CT molecular complexity index is 1150. The van der Waals surface area contributed by atoms with Crippen LogP contribution < -0.4 is 0 Å². The lowest BCUT2D eigenvalue weighted by atomic mass is 9.78. The van der Waals surface area contributed by atoms with E-state index < -0.39 is 11.1 Å². The molecule has 1 aromatic carbocycles. The maximum Gasteiger partial charge on any atom is 0.309 e. The summed E-state index contributed by atoms with van der Waals surface area (Å²) >= 11 is 6.17. The van der Waals surface area contributed by atoms with Gasteiger partial charge in [-0.25, -0.2) is 0 Å². The third-order valence-corrected chi connectivity index (χ3v) is 6.57. The van der Waals surface area contributed by atoms with Crippen LogP contribution in [0.15, 0.2) is 61.8 Å². The molecular formula is C26H30ClN3O2. The number of rotatable bonds is 3. The fraction of sp³-hybridized carbons (Fsp3) is 0.462. The smallest absolute Gasteiger partial charge is 0.309 e. The summed E-state index contributed by atoms with van der Waals surface area (Å²) in [6.45, 7) is 13.9. The number of aliphatic imine (C=N–C) groups is 1. The Morgan fingerprint density at radius 1 is 1.16 bits per heavy atom. The molecule has 32 heavy (non-hydrogen) atoms. The first-order valence-electron chi connectivity index (χ1n) is 11.0. The lowest BCUT2D eigenvalue weighted by molar-refractivity contribution is -0.155. The van der Waals surface area contributed by atoms with E-state index in [1.807, 2.05) is 58.9 Å². The number of carbonyl (C=O) groups is 1. The van der Waals surface area contributed by atoms with Crippen LogP contribution in [0.4, 0.5) is 0 Å². The predicted octanol–water partition coefficient (Wildman–Crippen LogP) is 6.12. The number of allylic oxidation sites excluding steroid dienone is 4. The van der Waals surface area contributed by atoms with Crippen LogP contribution in [0.25, 0.3) is 0 Å². The second kappa shape index (κ2) is 7.80. The van der Waals surface area contributed by atoms with E-state index in [2.05, 4.69) is 24.1 Å². The van der Waals surface area contributed by atoms with Crippen molar-refractivity contribution in [1.29, 1.82) is 0 Å². The minimum absolute atomic E-state index is 0.0570. The zero-order valence-corrected chi connectivity index (χ0v) is 20.6. The van der Waals surface area contributed by atoms with Crippen molar-refractivity contribution in [2.24, 2.45) is 21.1 Å². The van der Waals surface area contributed by atoms with Crippen molar-refractivity contribution < 1.29 is 9.53 Å². The molecule has 0 fully saturated rings. The third-order valence-electron chi connectivity index (χ3n) is 6.32. The van der Waals surface area contributed by atoms with Gasteiger partial charge < -0.3 is 4.74 Å². The largest absolute Gasteiger partial charge is 0.460 e. The van der Waals surface area contributed by atoms with Crippen molar-refractivity contribution in [2.45, 2.75) is 72.4 Å². The molecule has 2 aliphatic heterocycles.